The minimum absolute atomic E-state index is 0.194. The van der Waals surface area contributed by atoms with Gasteiger partial charge in [0.2, 0.25) is 0 Å². The first-order valence-corrected chi connectivity index (χ1v) is 7.60. The number of hydrogen-bond acceptors (Lipinski definition) is 4. The van der Waals surface area contributed by atoms with E-state index in [1.54, 1.807) is 6.07 Å². The van der Waals surface area contributed by atoms with Crippen LogP contribution in [0.3, 0.4) is 0 Å². The van der Waals surface area contributed by atoms with Crippen molar-refractivity contribution in [2.45, 2.75) is 38.3 Å². The molecule has 1 N–H and O–H groups in total. The van der Waals surface area contributed by atoms with Crippen LogP contribution in [0.1, 0.15) is 25.3 Å². The number of nitrogens with one attached hydrogen (secondary N) is 1. The number of ether oxygens (including phenoxy) is 1. The second kappa shape index (κ2) is 5.98. The van der Waals surface area contributed by atoms with E-state index in [4.69, 9.17) is 4.74 Å². The van der Waals surface area contributed by atoms with Gasteiger partial charge in [-0.25, -0.2) is 4.39 Å². The average molecular weight is 273 g/mol. The largest absolute Gasteiger partial charge is 0.490 e. The minimum Gasteiger partial charge on any atom is -0.490 e. The predicted molar refractivity (Wildman–Crippen MR) is 72.9 cm³/mol. The smallest absolute Gasteiger partial charge is 0.127 e. The molecular formula is C12H16FNOS2. The quantitative estimate of drug-likeness (QED) is 0.488. The Balaban J connectivity index is 1.89. The third kappa shape index (κ3) is 3.53. The van der Waals surface area contributed by atoms with Gasteiger partial charge in [0.05, 0.1) is 0 Å². The van der Waals surface area contributed by atoms with Crippen LogP contribution < -0.4 is 9.46 Å². The summed E-state index contributed by atoms with van der Waals surface area (Å²) in [4.78, 5) is 0. The highest BCUT2D eigenvalue weighted by Gasteiger charge is 2.30. The average Bonchev–Trinajstić information content (AvgIpc) is 2.25. The molecule has 0 aromatic heterocycles. The molecule has 1 aromatic carbocycles. The summed E-state index contributed by atoms with van der Waals surface area (Å²) in [5.74, 6) is 0.420. The van der Waals surface area contributed by atoms with Crippen LogP contribution in [-0.4, -0.2) is 12.1 Å². The Morgan fingerprint density at radius 2 is 2.24 bits per heavy atom. The van der Waals surface area contributed by atoms with Crippen molar-refractivity contribution in [2.24, 2.45) is 0 Å². The lowest BCUT2D eigenvalue weighted by Gasteiger charge is -2.35. The molecule has 17 heavy (non-hydrogen) atoms. The van der Waals surface area contributed by atoms with E-state index in [0.29, 0.717) is 11.8 Å². The molecule has 0 bridgehead atoms. The maximum absolute atomic E-state index is 13.3. The van der Waals surface area contributed by atoms with Gasteiger partial charge >= 0.3 is 0 Å². The van der Waals surface area contributed by atoms with Gasteiger partial charge in [-0.3, -0.25) is 4.72 Å². The Kier molecular flexibility index (Phi) is 4.59. The van der Waals surface area contributed by atoms with Gasteiger partial charge in [0, 0.05) is 24.9 Å². The number of hydrogen-bond donors (Lipinski definition) is 2. The van der Waals surface area contributed by atoms with E-state index in [9.17, 15) is 4.39 Å². The summed E-state index contributed by atoms with van der Waals surface area (Å²) in [7, 11) is 1.33. The molecule has 5 heteroatoms. The van der Waals surface area contributed by atoms with Crippen LogP contribution in [-0.2, 0) is 6.42 Å². The summed E-state index contributed by atoms with van der Waals surface area (Å²) in [6.45, 7) is 2.01. The molecule has 0 saturated heterocycles. The van der Waals surface area contributed by atoms with Gasteiger partial charge in [-0.2, -0.15) is 0 Å². The van der Waals surface area contributed by atoms with Gasteiger partial charge in [0.15, 0.2) is 0 Å². The third-order valence-electron chi connectivity index (χ3n) is 2.96. The molecule has 0 radical (unpaired) electrons. The molecule has 2 rings (SSSR count). The van der Waals surface area contributed by atoms with Crippen molar-refractivity contribution in [3.8, 4) is 5.75 Å². The van der Waals surface area contributed by atoms with Gasteiger partial charge < -0.3 is 4.74 Å². The van der Waals surface area contributed by atoms with Gasteiger partial charge in [0.1, 0.15) is 17.7 Å². The summed E-state index contributed by atoms with van der Waals surface area (Å²) >= 11 is 4.03. The third-order valence-corrected chi connectivity index (χ3v) is 3.71. The molecule has 2 nitrogen and oxygen atoms in total. The molecule has 94 valence electrons. The Hall–Kier alpha value is -0.390. The van der Waals surface area contributed by atoms with Crippen molar-refractivity contribution in [1.29, 1.82) is 0 Å². The molecule has 0 amide bonds. The Labute approximate surface area is 110 Å². The normalized spacial score (nSPS) is 23.2. The Bertz CT molecular complexity index is 383. The van der Waals surface area contributed by atoms with Gasteiger partial charge in [-0.15, -0.1) is 0 Å². The fourth-order valence-electron chi connectivity index (χ4n) is 1.92. The van der Waals surface area contributed by atoms with Crippen LogP contribution in [0.15, 0.2) is 18.2 Å². The summed E-state index contributed by atoms with van der Waals surface area (Å²) in [5, 5.41) is 0. The van der Waals surface area contributed by atoms with Crippen LogP contribution >= 0.6 is 22.6 Å². The highest BCUT2D eigenvalue weighted by molar-refractivity contribution is 8.67. The maximum atomic E-state index is 13.3. The minimum atomic E-state index is -0.223. The fourth-order valence-corrected chi connectivity index (χ4v) is 2.71. The number of aryl methyl sites for hydroxylation is 1. The second-order valence-electron chi connectivity index (χ2n) is 4.27. The Morgan fingerprint density at radius 3 is 2.88 bits per heavy atom. The molecule has 1 fully saturated rings. The second-order valence-corrected chi connectivity index (χ2v) is 5.23. The van der Waals surface area contributed by atoms with Gasteiger partial charge in [-0.1, -0.05) is 18.6 Å². The number of benzene rings is 1. The van der Waals surface area contributed by atoms with E-state index in [1.807, 2.05) is 13.0 Å². The van der Waals surface area contributed by atoms with Crippen LogP contribution in [0.5, 0.6) is 5.75 Å². The van der Waals surface area contributed by atoms with Crippen molar-refractivity contribution in [3.05, 3.63) is 29.6 Å². The molecule has 0 aliphatic heterocycles. The van der Waals surface area contributed by atoms with Crippen LogP contribution in [0.2, 0.25) is 0 Å². The van der Waals surface area contributed by atoms with Crippen molar-refractivity contribution < 1.29 is 9.13 Å². The van der Waals surface area contributed by atoms with Crippen LogP contribution in [0, 0.1) is 5.82 Å². The maximum Gasteiger partial charge on any atom is 0.127 e. The molecule has 0 spiro atoms. The lowest BCUT2D eigenvalue weighted by Crippen LogP contribution is -2.44. The topological polar surface area (TPSA) is 21.3 Å². The fraction of sp³-hybridized carbons (Fsp3) is 0.500. The molecule has 0 heterocycles. The standard InChI is InChI=1S/C12H16FNOS2/c1-2-8-3-9(13)5-11(4-8)15-12-6-10(7-12)14-17-16/h3-5,10,12,14,16H,2,6-7H2,1H3. The molecule has 0 unspecified atom stereocenters. The SMILES string of the molecule is CCc1cc(F)cc(OC2CC(NSS)C2)c1. The van der Waals surface area contributed by atoms with Crippen LogP contribution in [0.25, 0.3) is 0 Å². The summed E-state index contributed by atoms with van der Waals surface area (Å²) in [6, 6.07) is 5.38. The lowest BCUT2D eigenvalue weighted by molar-refractivity contribution is 0.0954. The van der Waals surface area contributed by atoms with Gasteiger partial charge in [0.25, 0.3) is 0 Å². The predicted octanol–water partition coefficient (Wildman–Crippen LogP) is 3.38. The number of thiol groups is 1. The van der Waals surface area contributed by atoms with E-state index in [1.165, 1.54) is 17.0 Å². The molecule has 0 atom stereocenters. The van der Waals surface area contributed by atoms with E-state index in [-0.39, 0.29) is 11.9 Å². The van der Waals surface area contributed by atoms with Crippen molar-refractivity contribution in [1.82, 2.24) is 4.72 Å². The monoisotopic (exact) mass is 273 g/mol. The highest BCUT2D eigenvalue weighted by Crippen LogP contribution is 2.28. The molecular weight excluding hydrogens is 257 g/mol. The molecule has 1 aliphatic rings. The van der Waals surface area contributed by atoms with E-state index >= 15 is 0 Å². The lowest BCUT2D eigenvalue weighted by atomic mass is 9.90. The van der Waals surface area contributed by atoms with Crippen LogP contribution in [0.4, 0.5) is 4.39 Å². The zero-order chi connectivity index (χ0) is 12.3. The first kappa shape index (κ1) is 13.1. The summed E-state index contributed by atoms with van der Waals surface area (Å²) in [6.07, 6.45) is 2.91. The zero-order valence-corrected chi connectivity index (χ0v) is 11.4. The van der Waals surface area contributed by atoms with Crippen molar-refractivity contribution in [3.63, 3.8) is 0 Å². The molecule has 1 aromatic rings. The first-order chi connectivity index (χ1) is 8.21. The highest BCUT2D eigenvalue weighted by atomic mass is 33.1. The Morgan fingerprint density at radius 1 is 1.47 bits per heavy atom. The number of halogens is 1. The van der Waals surface area contributed by atoms with Crippen molar-refractivity contribution >= 4 is 22.6 Å². The first-order valence-electron chi connectivity index (χ1n) is 5.73. The van der Waals surface area contributed by atoms with E-state index in [0.717, 1.165) is 24.8 Å². The van der Waals surface area contributed by atoms with Gasteiger partial charge in [-0.05, 0) is 35.1 Å². The van der Waals surface area contributed by atoms with E-state index in [2.05, 4.69) is 16.4 Å². The van der Waals surface area contributed by atoms with E-state index < -0.39 is 0 Å². The summed E-state index contributed by atoms with van der Waals surface area (Å²) in [5.41, 5.74) is 0.972. The molecule has 1 saturated carbocycles. The molecule has 1 aliphatic carbocycles. The summed E-state index contributed by atoms with van der Waals surface area (Å²) < 4.78 is 22.2. The number of rotatable bonds is 5. The zero-order valence-electron chi connectivity index (χ0n) is 9.65. The van der Waals surface area contributed by atoms with Crippen molar-refractivity contribution in [2.75, 3.05) is 0 Å².